The van der Waals surface area contributed by atoms with Gasteiger partial charge in [0.2, 0.25) is 0 Å². The molecule has 106 valence electrons. The molecule has 1 N–H and O–H groups in total. The van der Waals surface area contributed by atoms with Crippen LogP contribution in [0, 0.1) is 0 Å². The molecule has 0 saturated heterocycles. The summed E-state index contributed by atoms with van der Waals surface area (Å²) in [5, 5.41) is 2.75. The zero-order chi connectivity index (χ0) is 15.1. The smallest absolute Gasteiger partial charge is 0.259 e. The van der Waals surface area contributed by atoms with Crippen molar-refractivity contribution < 1.29 is 9.59 Å². The molecule has 0 heterocycles. The minimum Gasteiger partial charge on any atom is -0.322 e. The largest absolute Gasteiger partial charge is 0.322 e. The maximum Gasteiger partial charge on any atom is 0.259 e. The molecule has 3 nitrogen and oxygen atoms in total. The summed E-state index contributed by atoms with van der Waals surface area (Å²) < 4.78 is 0. The van der Waals surface area contributed by atoms with Gasteiger partial charge in [0.05, 0.1) is 5.57 Å². The zero-order valence-corrected chi connectivity index (χ0v) is 11.9. The second kappa shape index (κ2) is 7.20. The molecule has 0 radical (unpaired) electrons. The fourth-order valence-corrected chi connectivity index (χ4v) is 1.90. The zero-order valence-electron chi connectivity index (χ0n) is 11.9. The van der Waals surface area contributed by atoms with Crippen LogP contribution in [0.25, 0.3) is 6.08 Å². The summed E-state index contributed by atoms with van der Waals surface area (Å²) in [4.78, 5) is 24.3. The highest BCUT2D eigenvalue weighted by molar-refractivity contribution is 6.26. The number of para-hydroxylation sites is 1. The van der Waals surface area contributed by atoms with Crippen molar-refractivity contribution in [3.8, 4) is 0 Å². The van der Waals surface area contributed by atoms with Gasteiger partial charge in [-0.2, -0.15) is 0 Å². The maximum absolute atomic E-state index is 12.3. The number of carbonyl (C=O) groups excluding carboxylic acids is 2. The molecule has 2 rings (SSSR count). The maximum atomic E-state index is 12.3. The molecular weight excluding hydrogens is 262 g/mol. The number of rotatable bonds is 5. The lowest BCUT2D eigenvalue weighted by atomic mass is 10.0. The number of anilines is 1. The van der Waals surface area contributed by atoms with Crippen LogP contribution < -0.4 is 5.32 Å². The molecule has 2 aromatic rings. The van der Waals surface area contributed by atoms with Gasteiger partial charge in [-0.1, -0.05) is 55.5 Å². The molecular formula is C18H17NO2. The van der Waals surface area contributed by atoms with E-state index in [2.05, 4.69) is 5.32 Å². The van der Waals surface area contributed by atoms with Crippen molar-refractivity contribution >= 4 is 23.5 Å². The van der Waals surface area contributed by atoms with Crippen molar-refractivity contribution in [1.82, 2.24) is 0 Å². The third-order valence-electron chi connectivity index (χ3n) is 3.01. The molecule has 0 aliphatic rings. The number of nitrogens with one attached hydrogen (secondary N) is 1. The van der Waals surface area contributed by atoms with Gasteiger partial charge in [-0.15, -0.1) is 0 Å². The molecule has 1 amide bonds. The Balaban J connectivity index is 2.26. The molecule has 0 aliphatic carbocycles. The third-order valence-corrected chi connectivity index (χ3v) is 3.01. The molecule has 0 saturated carbocycles. The first-order valence-electron chi connectivity index (χ1n) is 6.87. The summed E-state index contributed by atoms with van der Waals surface area (Å²) in [5.74, 6) is -0.552. The highest BCUT2D eigenvalue weighted by Gasteiger charge is 2.16. The molecule has 0 fully saturated rings. The predicted octanol–water partition coefficient (Wildman–Crippen LogP) is 3.69. The summed E-state index contributed by atoms with van der Waals surface area (Å²) in [7, 11) is 0. The van der Waals surface area contributed by atoms with Crippen molar-refractivity contribution in [2.75, 3.05) is 5.32 Å². The Hall–Kier alpha value is -2.68. The van der Waals surface area contributed by atoms with Gasteiger partial charge in [-0.25, -0.2) is 0 Å². The normalized spacial score (nSPS) is 11.0. The van der Waals surface area contributed by atoms with Crippen LogP contribution in [0.4, 0.5) is 5.69 Å². The predicted molar refractivity (Wildman–Crippen MR) is 84.8 cm³/mol. The van der Waals surface area contributed by atoms with Crippen LogP contribution in [0.1, 0.15) is 18.9 Å². The average Bonchev–Trinajstić information content (AvgIpc) is 2.53. The summed E-state index contributed by atoms with van der Waals surface area (Å²) in [6.07, 6.45) is 1.92. The van der Waals surface area contributed by atoms with E-state index in [1.807, 2.05) is 48.5 Å². The van der Waals surface area contributed by atoms with Crippen molar-refractivity contribution in [1.29, 1.82) is 0 Å². The van der Waals surface area contributed by atoms with E-state index < -0.39 is 0 Å². The highest BCUT2D eigenvalue weighted by Crippen LogP contribution is 2.13. The van der Waals surface area contributed by atoms with Crippen molar-refractivity contribution in [2.24, 2.45) is 0 Å². The monoisotopic (exact) mass is 279 g/mol. The average molecular weight is 279 g/mol. The summed E-state index contributed by atoms with van der Waals surface area (Å²) >= 11 is 0. The standard InChI is InChI=1S/C18H17NO2/c1-2-17(20)16(13-14-9-5-3-6-10-14)18(21)19-15-11-7-4-8-12-15/h3-13H,2H2,1H3,(H,19,21)/b16-13-. The third kappa shape index (κ3) is 4.14. The Morgan fingerprint density at radius 3 is 2.10 bits per heavy atom. The van der Waals surface area contributed by atoms with E-state index in [1.165, 1.54) is 0 Å². The Kier molecular flexibility index (Phi) is 5.04. The fourth-order valence-electron chi connectivity index (χ4n) is 1.90. The number of amides is 1. The van der Waals surface area contributed by atoms with Gasteiger partial charge in [-0.05, 0) is 23.8 Å². The topological polar surface area (TPSA) is 46.2 Å². The minimum absolute atomic E-state index is 0.174. The van der Waals surface area contributed by atoms with Crippen LogP contribution in [0.15, 0.2) is 66.2 Å². The van der Waals surface area contributed by atoms with E-state index in [-0.39, 0.29) is 17.3 Å². The van der Waals surface area contributed by atoms with Gasteiger partial charge >= 0.3 is 0 Å². The number of hydrogen-bond donors (Lipinski definition) is 1. The number of Topliss-reactive ketones (excluding diaryl/α,β-unsaturated/α-hetero) is 1. The Bertz CT molecular complexity index is 645. The molecule has 0 aromatic heterocycles. The fraction of sp³-hybridized carbons (Fsp3) is 0.111. The SMILES string of the molecule is CCC(=O)/C(=C/c1ccccc1)C(=O)Nc1ccccc1. The summed E-state index contributed by atoms with van der Waals surface area (Å²) in [5.41, 5.74) is 1.68. The summed E-state index contributed by atoms with van der Waals surface area (Å²) in [6.45, 7) is 1.75. The Labute approximate surface area is 124 Å². The lowest BCUT2D eigenvalue weighted by molar-refractivity contribution is -0.119. The first kappa shape index (κ1) is 14.7. The highest BCUT2D eigenvalue weighted by atomic mass is 16.2. The van der Waals surface area contributed by atoms with Crippen LogP contribution >= 0.6 is 0 Å². The molecule has 0 atom stereocenters. The lowest BCUT2D eigenvalue weighted by Crippen LogP contribution is -2.20. The van der Waals surface area contributed by atoms with E-state index in [0.29, 0.717) is 12.1 Å². The van der Waals surface area contributed by atoms with E-state index >= 15 is 0 Å². The number of hydrogen-bond acceptors (Lipinski definition) is 2. The molecule has 21 heavy (non-hydrogen) atoms. The first-order valence-corrected chi connectivity index (χ1v) is 6.87. The number of ketones is 1. The number of benzene rings is 2. The van der Waals surface area contributed by atoms with E-state index in [1.54, 1.807) is 25.1 Å². The van der Waals surface area contributed by atoms with Crippen LogP contribution in [0.2, 0.25) is 0 Å². The second-order valence-electron chi connectivity index (χ2n) is 4.57. The van der Waals surface area contributed by atoms with Gasteiger partial charge in [-0.3, -0.25) is 9.59 Å². The van der Waals surface area contributed by atoms with Gasteiger partial charge in [0.25, 0.3) is 5.91 Å². The van der Waals surface area contributed by atoms with Crippen molar-refractivity contribution in [3.63, 3.8) is 0 Å². The van der Waals surface area contributed by atoms with Crippen molar-refractivity contribution in [2.45, 2.75) is 13.3 Å². The molecule has 0 spiro atoms. The van der Waals surface area contributed by atoms with Crippen LogP contribution in [0.3, 0.4) is 0 Å². The van der Waals surface area contributed by atoms with Gasteiger partial charge < -0.3 is 5.32 Å². The second-order valence-corrected chi connectivity index (χ2v) is 4.57. The first-order chi connectivity index (χ1) is 10.2. The van der Waals surface area contributed by atoms with Gasteiger partial charge in [0, 0.05) is 12.1 Å². The lowest BCUT2D eigenvalue weighted by Gasteiger charge is -2.07. The molecule has 0 aliphatic heterocycles. The molecule has 3 heteroatoms. The van der Waals surface area contributed by atoms with E-state index in [9.17, 15) is 9.59 Å². The quantitative estimate of drug-likeness (QED) is 0.515. The molecule has 0 unspecified atom stereocenters. The van der Waals surface area contributed by atoms with E-state index in [0.717, 1.165) is 5.56 Å². The Morgan fingerprint density at radius 1 is 0.952 bits per heavy atom. The Morgan fingerprint density at radius 2 is 1.52 bits per heavy atom. The van der Waals surface area contributed by atoms with Crippen LogP contribution in [-0.2, 0) is 9.59 Å². The number of carbonyl (C=O) groups is 2. The van der Waals surface area contributed by atoms with Crippen molar-refractivity contribution in [3.05, 3.63) is 71.8 Å². The van der Waals surface area contributed by atoms with Crippen LogP contribution in [-0.4, -0.2) is 11.7 Å². The summed E-state index contributed by atoms with van der Waals surface area (Å²) in [6, 6.07) is 18.5. The molecule has 2 aromatic carbocycles. The van der Waals surface area contributed by atoms with E-state index in [4.69, 9.17) is 0 Å². The molecule has 0 bridgehead atoms. The van der Waals surface area contributed by atoms with Crippen LogP contribution in [0.5, 0.6) is 0 Å². The van der Waals surface area contributed by atoms with Gasteiger partial charge in [0.1, 0.15) is 0 Å². The minimum atomic E-state index is -0.378. The van der Waals surface area contributed by atoms with Gasteiger partial charge in [0.15, 0.2) is 5.78 Å².